The van der Waals surface area contributed by atoms with Gasteiger partial charge in [-0.1, -0.05) is 12.1 Å². The number of halogens is 2. The van der Waals surface area contributed by atoms with Gasteiger partial charge >= 0.3 is 0 Å². The van der Waals surface area contributed by atoms with Crippen LogP contribution < -0.4 is 5.32 Å². The largest absolute Gasteiger partial charge is 0.351 e. The third kappa shape index (κ3) is 2.52. The highest BCUT2D eigenvalue weighted by Gasteiger charge is 2.09. The van der Waals surface area contributed by atoms with Crippen molar-refractivity contribution >= 4 is 27.3 Å². The molecule has 0 aliphatic rings. The van der Waals surface area contributed by atoms with E-state index in [1.807, 2.05) is 19.1 Å². The van der Waals surface area contributed by atoms with E-state index in [4.69, 9.17) is 5.26 Å². The highest BCUT2D eigenvalue weighted by Crippen LogP contribution is 2.30. The van der Waals surface area contributed by atoms with Crippen molar-refractivity contribution < 1.29 is 4.39 Å². The molecule has 0 aliphatic carbocycles. The van der Waals surface area contributed by atoms with Gasteiger partial charge in [0, 0.05) is 4.47 Å². The molecule has 2 nitrogen and oxygen atoms in total. The molecule has 0 saturated heterocycles. The minimum Gasteiger partial charge on any atom is -0.351 e. The second-order valence-corrected chi connectivity index (χ2v) is 4.74. The molecule has 0 fully saturated rings. The fourth-order valence-corrected chi connectivity index (χ4v) is 2.05. The molecule has 0 saturated carbocycles. The van der Waals surface area contributed by atoms with Crippen LogP contribution in [0.3, 0.4) is 0 Å². The Balaban J connectivity index is 2.46. The summed E-state index contributed by atoms with van der Waals surface area (Å²) in [5.41, 5.74) is 2.42. The van der Waals surface area contributed by atoms with E-state index in [1.165, 1.54) is 6.07 Å². The van der Waals surface area contributed by atoms with E-state index in [-0.39, 0.29) is 5.82 Å². The molecule has 0 heterocycles. The fourth-order valence-electron chi connectivity index (χ4n) is 1.61. The molecular weight excluding hydrogens is 295 g/mol. The van der Waals surface area contributed by atoms with E-state index in [2.05, 4.69) is 27.3 Å². The van der Waals surface area contributed by atoms with E-state index < -0.39 is 0 Å². The van der Waals surface area contributed by atoms with Crippen LogP contribution in [-0.2, 0) is 0 Å². The third-order valence-corrected chi connectivity index (χ3v) is 3.18. The summed E-state index contributed by atoms with van der Waals surface area (Å²) in [4.78, 5) is 0. The summed E-state index contributed by atoms with van der Waals surface area (Å²) in [6, 6.07) is 12.2. The number of rotatable bonds is 2. The van der Waals surface area contributed by atoms with Crippen molar-refractivity contribution in [1.29, 1.82) is 5.26 Å². The Hall–Kier alpha value is -1.86. The van der Waals surface area contributed by atoms with Gasteiger partial charge in [-0.2, -0.15) is 5.26 Å². The minimum atomic E-state index is -0.366. The van der Waals surface area contributed by atoms with Crippen LogP contribution in [0.5, 0.6) is 0 Å². The molecule has 1 N–H and O–H groups in total. The highest BCUT2D eigenvalue weighted by molar-refractivity contribution is 9.10. The first-order valence-corrected chi connectivity index (χ1v) is 6.13. The summed E-state index contributed by atoms with van der Waals surface area (Å²) in [5.74, 6) is -0.366. The summed E-state index contributed by atoms with van der Waals surface area (Å²) in [6.07, 6.45) is 0. The fraction of sp³-hybridized carbons (Fsp3) is 0.0714. The summed E-state index contributed by atoms with van der Waals surface area (Å²) in [7, 11) is 0. The Morgan fingerprint density at radius 2 is 2.06 bits per heavy atom. The molecule has 0 radical (unpaired) electrons. The molecule has 90 valence electrons. The molecule has 2 aromatic rings. The van der Waals surface area contributed by atoms with E-state index in [0.29, 0.717) is 21.4 Å². The van der Waals surface area contributed by atoms with Gasteiger partial charge in [-0.3, -0.25) is 0 Å². The first-order valence-electron chi connectivity index (χ1n) is 5.33. The quantitative estimate of drug-likeness (QED) is 0.886. The molecular formula is C14H10BrFN2. The standard InChI is InChI=1S/C14H10BrFN2/c1-9-5-6-10(8-17)13(7-9)18-14-11(15)3-2-4-12(14)16/h2-7,18H,1H3. The van der Waals surface area contributed by atoms with Crippen LogP contribution in [0.25, 0.3) is 0 Å². The topological polar surface area (TPSA) is 35.8 Å². The van der Waals surface area contributed by atoms with Crippen LogP contribution in [0.4, 0.5) is 15.8 Å². The molecule has 2 rings (SSSR count). The molecule has 4 heteroatoms. The lowest BCUT2D eigenvalue weighted by Gasteiger charge is -2.11. The normalized spacial score (nSPS) is 9.89. The van der Waals surface area contributed by atoms with Crippen LogP contribution in [0.15, 0.2) is 40.9 Å². The summed E-state index contributed by atoms with van der Waals surface area (Å²) >= 11 is 3.28. The number of nitrogens with one attached hydrogen (secondary N) is 1. The van der Waals surface area contributed by atoms with Crippen molar-refractivity contribution in [2.45, 2.75) is 6.92 Å². The second-order valence-electron chi connectivity index (χ2n) is 3.88. The van der Waals surface area contributed by atoms with Crippen LogP contribution >= 0.6 is 15.9 Å². The number of aryl methyl sites for hydroxylation is 1. The van der Waals surface area contributed by atoms with Gasteiger partial charge in [-0.05, 0) is 52.7 Å². The molecule has 0 spiro atoms. The van der Waals surface area contributed by atoms with Crippen molar-refractivity contribution in [1.82, 2.24) is 0 Å². The molecule has 18 heavy (non-hydrogen) atoms. The molecule has 0 amide bonds. The molecule has 0 bridgehead atoms. The molecule has 0 aromatic heterocycles. The van der Waals surface area contributed by atoms with E-state index in [1.54, 1.807) is 18.2 Å². The number of para-hydroxylation sites is 1. The van der Waals surface area contributed by atoms with Gasteiger partial charge in [-0.25, -0.2) is 4.39 Å². The Bertz CT molecular complexity index is 612. The molecule has 0 aliphatic heterocycles. The van der Waals surface area contributed by atoms with E-state index >= 15 is 0 Å². The zero-order chi connectivity index (χ0) is 13.1. The van der Waals surface area contributed by atoms with Crippen LogP contribution in [0.1, 0.15) is 11.1 Å². The lowest BCUT2D eigenvalue weighted by atomic mass is 10.1. The second kappa shape index (κ2) is 5.19. The highest BCUT2D eigenvalue weighted by atomic mass is 79.9. The van der Waals surface area contributed by atoms with Crippen LogP contribution in [-0.4, -0.2) is 0 Å². The third-order valence-electron chi connectivity index (χ3n) is 2.52. The lowest BCUT2D eigenvalue weighted by Crippen LogP contribution is -1.97. The van der Waals surface area contributed by atoms with E-state index in [9.17, 15) is 4.39 Å². The average Bonchev–Trinajstić information content (AvgIpc) is 2.34. The summed E-state index contributed by atoms with van der Waals surface area (Å²) in [5, 5.41) is 12.0. The molecule has 0 atom stereocenters. The predicted molar refractivity (Wildman–Crippen MR) is 73.3 cm³/mol. The van der Waals surface area contributed by atoms with Crippen LogP contribution in [0, 0.1) is 24.1 Å². The molecule has 2 aromatic carbocycles. The summed E-state index contributed by atoms with van der Waals surface area (Å²) < 4.78 is 14.3. The lowest BCUT2D eigenvalue weighted by molar-refractivity contribution is 0.631. The van der Waals surface area contributed by atoms with Crippen molar-refractivity contribution in [3.8, 4) is 6.07 Å². The first kappa shape index (κ1) is 12.6. The monoisotopic (exact) mass is 304 g/mol. The summed E-state index contributed by atoms with van der Waals surface area (Å²) in [6.45, 7) is 1.92. The predicted octanol–water partition coefficient (Wildman–Crippen LogP) is 4.51. The van der Waals surface area contributed by atoms with Gasteiger partial charge < -0.3 is 5.32 Å². The maximum absolute atomic E-state index is 13.7. The van der Waals surface area contributed by atoms with Gasteiger partial charge in [0.1, 0.15) is 11.9 Å². The van der Waals surface area contributed by atoms with E-state index in [0.717, 1.165) is 5.56 Å². The van der Waals surface area contributed by atoms with Gasteiger partial charge in [0.05, 0.1) is 16.9 Å². The number of nitrogens with zero attached hydrogens (tertiary/aromatic N) is 1. The van der Waals surface area contributed by atoms with Gasteiger partial charge in [0.25, 0.3) is 0 Å². The van der Waals surface area contributed by atoms with Crippen molar-refractivity contribution in [3.05, 3.63) is 57.8 Å². The first-order chi connectivity index (χ1) is 8.61. The smallest absolute Gasteiger partial charge is 0.147 e. The SMILES string of the molecule is Cc1ccc(C#N)c(Nc2c(F)cccc2Br)c1. The number of hydrogen-bond donors (Lipinski definition) is 1. The zero-order valence-corrected chi connectivity index (χ0v) is 11.3. The maximum atomic E-state index is 13.7. The number of hydrogen-bond acceptors (Lipinski definition) is 2. The van der Waals surface area contributed by atoms with Crippen molar-refractivity contribution in [2.24, 2.45) is 0 Å². The maximum Gasteiger partial charge on any atom is 0.147 e. The Morgan fingerprint density at radius 3 is 2.72 bits per heavy atom. The number of benzene rings is 2. The molecule has 0 unspecified atom stereocenters. The van der Waals surface area contributed by atoms with Crippen molar-refractivity contribution in [3.63, 3.8) is 0 Å². The Kier molecular flexibility index (Phi) is 3.63. The number of nitriles is 1. The Morgan fingerprint density at radius 1 is 1.28 bits per heavy atom. The van der Waals surface area contributed by atoms with Crippen molar-refractivity contribution in [2.75, 3.05) is 5.32 Å². The van der Waals surface area contributed by atoms with Crippen LogP contribution in [0.2, 0.25) is 0 Å². The number of anilines is 2. The van der Waals surface area contributed by atoms with Gasteiger partial charge in [0.2, 0.25) is 0 Å². The zero-order valence-electron chi connectivity index (χ0n) is 9.67. The van der Waals surface area contributed by atoms with Gasteiger partial charge in [0.15, 0.2) is 0 Å². The average molecular weight is 305 g/mol. The Labute approximate surface area is 113 Å². The minimum absolute atomic E-state index is 0.333. The van der Waals surface area contributed by atoms with Gasteiger partial charge in [-0.15, -0.1) is 0 Å².